The Bertz CT molecular complexity index is 1390. The van der Waals surface area contributed by atoms with Crippen molar-refractivity contribution in [3.8, 4) is 0 Å². The van der Waals surface area contributed by atoms with Crippen molar-refractivity contribution in [2.45, 2.75) is 23.1 Å². The van der Waals surface area contributed by atoms with E-state index in [0.717, 1.165) is 30.7 Å². The van der Waals surface area contributed by atoms with E-state index < -0.39 is 6.04 Å². The first kappa shape index (κ1) is 21.8. The summed E-state index contributed by atoms with van der Waals surface area (Å²) in [5.74, 6) is 0.152. The second kappa shape index (κ2) is 9.46. The molecule has 1 atom stereocenters. The fourth-order valence-electron chi connectivity index (χ4n) is 3.52. The molecule has 0 aliphatic carbocycles. The molecule has 0 radical (unpaired) electrons. The van der Waals surface area contributed by atoms with E-state index in [0.29, 0.717) is 11.3 Å². The minimum atomic E-state index is -0.419. The Morgan fingerprint density at radius 2 is 1.94 bits per heavy atom. The number of furan rings is 1. The normalized spacial score (nSPS) is 12.2. The number of amides is 1. The summed E-state index contributed by atoms with van der Waals surface area (Å²) >= 11 is 4.57. The average Bonchev–Trinajstić information content (AvgIpc) is 3.57. The van der Waals surface area contributed by atoms with Crippen LogP contribution < -0.4 is 5.32 Å². The largest absolute Gasteiger partial charge is 0.451 e. The van der Waals surface area contributed by atoms with Crippen molar-refractivity contribution < 1.29 is 13.6 Å². The third-order valence-electron chi connectivity index (χ3n) is 5.06. The quantitative estimate of drug-likeness (QED) is 0.258. The minimum absolute atomic E-state index is 0.272. The number of thioether (sulfide) groups is 1. The van der Waals surface area contributed by atoms with Crippen molar-refractivity contribution in [1.29, 1.82) is 0 Å². The molecule has 33 heavy (non-hydrogen) atoms. The Morgan fingerprint density at radius 3 is 2.67 bits per heavy atom. The smallest absolute Gasteiger partial charge is 0.288 e. The number of aromatic nitrogens is 2. The molecule has 3 heterocycles. The summed E-state index contributed by atoms with van der Waals surface area (Å²) in [6, 6.07) is 17.2. The highest BCUT2D eigenvalue weighted by molar-refractivity contribution is 8.00. The highest BCUT2D eigenvalue weighted by Crippen LogP contribution is 2.34. The lowest BCUT2D eigenvalue weighted by Crippen LogP contribution is -2.29. The number of halogens is 1. The van der Waals surface area contributed by atoms with Crippen molar-refractivity contribution in [2.75, 3.05) is 0 Å². The first-order chi connectivity index (χ1) is 16.1. The van der Waals surface area contributed by atoms with Crippen molar-refractivity contribution in [3.05, 3.63) is 98.6 Å². The fourth-order valence-corrected chi connectivity index (χ4v) is 6.17. The number of rotatable bonds is 7. The Balaban J connectivity index is 1.48. The molecule has 0 spiro atoms. The van der Waals surface area contributed by atoms with Crippen LogP contribution in [0.25, 0.3) is 11.0 Å². The van der Waals surface area contributed by atoms with E-state index in [1.807, 2.05) is 48.7 Å². The van der Waals surface area contributed by atoms with Gasteiger partial charge in [-0.05, 0) is 42.1 Å². The lowest BCUT2D eigenvalue weighted by atomic mass is 10.0. The second-order valence-corrected chi connectivity index (χ2v) is 10.6. The monoisotopic (exact) mass is 495 g/mol. The summed E-state index contributed by atoms with van der Waals surface area (Å²) in [6.07, 6.45) is 0. The third kappa shape index (κ3) is 4.71. The lowest BCUT2D eigenvalue weighted by Gasteiger charge is -2.18. The number of fused-ring (bicyclic) bond motifs is 1. The molecule has 5 nitrogen and oxygen atoms in total. The fraction of sp³-hybridized carbons (Fsp3) is 0.125. The van der Waals surface area contributed by atoms with Crippen LogP contribution in [0.4, 0.5) is 4.39 Å². The number of hydrogen-bond acceptors (Lipinski definition) is 7. The number of carbonyl (C=O) groups is 1. The van der Waals surface area contributed by atoms with Gasteiger partial charge >= 0.3 is 0 Å². The maximum Gasteiger partial charge on any atom is 0.288 e. The van der Waals surface area contributed by atoms with Gasteiger partial charge < -0.3 is 9.73 Å². The van der Waals surface area contributed by atoms with Crippen molar-refractivity contribution in [1.82, 2.24) is 15.5 Å². The van der Waals surface area contributed by atoms with E-state index in [9.17, 15) is 9.18 Å². The van der Waals surface area contributed by atoms with Crippen molar-refractivity contribution in [3.63, 3.8) is 0 Å². The number of benzene rings is 2. The van der Waals surface area contributed by atoms with E-state index in [2.05, 4.69) is 15.5 Å². The Kier molecular flexibility index (Phi) is 6.26. The van der Waals surface area contributed by atoms with Crippen molar-refractivity contribution >= 4 is 51.3 Å². The maximum absolute atomic E-state index is 13.5. The summed E-state index contributed by atoms with van der Waals surface area (Å²) in [5.41, 5.74) is 2.26. The zero-order chi connectivity index (χ0) is 22.8. The zero-order valence-electron chi connectivity index (χ0n) is 17.4. The van der Waals surface area contributed by atoms with Gasteiger partial charge in [0.1, 0.15) is 16.4 Å². The van der Waals surface area contributed by atoms with Crippen LogP contribution in [0.1, 0.15) is 37.6 Å². The summed E-state index contributed by atoms with van der Waals surface area (Å²) in [7, 11) is 0. The van der Waals surface area contributed by atoms with Gasteiger partial charge in [-0.1, -0.05) is 59.5 Å². The molecular weight excluding hydrogens is 477 g/mol. The van der Waals surface area contributed by atoms with Gasteiger partial charge in [0.15, 0.2) is 10.1 Å². The maximum atomic E-state index is 13.5. The molecule has 0 bridgehead atoms. The van der Waals surface area contributed by atoms with Gasteiger partial charge in [-0.25, -0.2) is 4.39 Å². The van der Waals surface area contributed by atoms with Crippen LogP contribution in [0.15, 0.2) is 74.8 Å². The van der Waals surface area contributed by atoms with Crippen LogP contribution in [-0.4, -0.2) is 16.1 Å². The lowest BCUT2D eigenvalue weighted by molar-refractivity contribution is 0.0917. The average molecular weight is 496 g/mol. The molecule has 1 N–H and O–H groups in total. The molecule has 3 aromatic heterocycles. The van der Waals surface area contributed by atoms with Crippen LogP contribution in [0.3, 0.4) is 0 Å². The first-order valence-electron chi connectivity index (χ1n) is 10.1. The topological polar surface area (TPSA) is 68.0 Å². The number of nitrogens with zero attached hydrogens (tertiary/aromatic N) is 2. The number of hydrogen-bond donors (Lipinski definition) is 1. The SMILES string of the molecule is Cc1nnc(SCc2c(C(=O)NC(c3ccc(F)cc3)c3cccs3)oc3ccccc23)s1. The van der Waals surface area contributed by atoms with Gasteiger partial charge in [-0.3, -0.25) is 4.79 Å². The highest BCUT2D eigenvalue weighted by atomic mass is 32.2. The molecule has 2 aromatic carbocycles. The van der Waals surface area contributed by atoms with Gasteiger partial charge in [0, 0.05) is 21.6 Å². The van der Waals surface area contributed by atoms with E-state index in [1.165, 1.54) is 46.6 Å². The van der Waals surface area contributed by atoms with Crippen LogP contribution in [0, 0.1) is 12.7 Å². The molecule has 0 aliphatic heterocycles. The molecule has 5 rings (SSSR count). The molecule has 166 valence electrons. The minimum Gasteiger partial charge on any atom is -0.451 e. The molecule has 9 heteroatoms. The van der Waals surface area contributed by atoms with Crippen LogP contribution in [-0.2, 0) is 5.75 Å². The van der Waals surface area contributed by atoms with E-state index in [1.54, 1.807) is 12.1 Å². The Hall–Kier alpha value is -3.01. The second-order valence-electron chi connectivity index (χ2n) is 7.26. The summed E-state index contributed by atoms with van der Waals surface area (Å²) in [5, 5.41) is 15.1. The first-order valence-corrected chi connectivity index (χ1v) is 12.8. The number of aryl methyl sites for hydroxylation is 1. The van der Waals surface area contributed by atoms with E-state index in [-0.39, 0.29) is 17.5 Å². The third-order valence-corrected chi connectivity index (χ3v) is 7.99. The predicted molar refractivity (Wildman–Crippen MR) is 130 cm³/mol. The predicted octanol–water partition coefficient (Wildman–Crippen LogP) is 6.61. The Labute approximate surface area is 201 Å². The summed E-state index contributed by atoms with van der Waals surface area (Å²) in [6.45, 7) is 1.91. The Morgan fingerprint density at radius 1 is 1.12 bits per heavy atom. The summed E-state index contributed by atoms with van der Waals surface area (Å²) < 4.78 is 20.4. The number of nitrogens with one attached hydrogen (secondary N) is 1. The number of thiophene rings is 1. The van der Waals surface area contributed by atoms with Gasteiger partial charge in [0.2, 0.25) is 0 Å². The molecule has 0 saturated carbocycles. The van der Waals surface area contributed by atoms with E-state index in [4.69, 9.17) is 4.42 Å². The number of para-hydroxylation sites is 1. The molecule has 0 saturated heterocycles. The molecule has 1 unspecified atom stereocenters. The zero-order valence-corrected chi connectivity index (χ0v) is 19.9. The highest BCUT2D eigenvalue weighted by Gasteiger charge is 2.25. The van der Waals surface area contributed by atoms with Crippen LogP contribution >= 0.6 is 34.4 Å². The van der Waals surface area contributed by atoms with Crippen LogP contribution in [0.5, 0.6) is 0 Å². The van der Waals surface area contributed by atoms with Gasteiger partial charge in [0.05, 0.1) is 6.04 Å². The van der Waals surface area contributed by atoms with Gasteiger partial charge in [-0.15, -0.1) is 21.5 Å². The molecular formula is C24H18FN3O2S3. The summed E-state index contributed by atoms with van der Waals surface area (Å²) in [4.78, 5) is 14.4. The molecule has 0 fully saturated rings. The molecule has 0 aliphatic rings. The molecule has 5 aromatic rings. The van der Waals surface area contributed by atoms with Crippen LogP contribution in [0.2, 0.25) is 0 Å². The van der Waals surface area contributed by atoms with Gasteiger partial charge in [0.25, 0.3) is 5.91 Å². The van der Waals surface area contributed by atoms with Gasteiger partial charge in [-0.2, -0.15) is 0 Å². The number of carbonyl (C=O) groups excluding carboxylic acids is 1. The van der Waals surface area contributed by atoms with E-state index >= 15 is 0 Å². The standard InChI is InChI=1S/C24H18FN3O2S3/c1-14-27-28-24(33-14)32-13-18-17-5-2-3-6-19(17)30-22(18)23(29)26-21(20-7-4-12-31-20)15-8-10-16(25)11-9-15/h2-12,21H,13H2,1H3,(H,26,29). The van der Waals surface area contributed by atoms with Crippen molar-refractivity contribution in [2.24, 2.45) is 0 Å². The molecule has 1 amide bonds.